The topological polar surface area (TPSA) is 51.8 Å². The number of carbonyl (C=O) groups is 1. The molecule has 3 rings (SSSR count). The molecule has 1 aliphatic heterocycles. The third kappa shape index (κ3) is 5.34. The summed E-state index contributed by atoms with van der Waals surface area (Å²) in [4.78, 5) is 20.7. The van der Waals surface area contributed by atoms with Crippen molar-refractivity contribution in [1.82, 2.24) is 9.80 Å². The number of fused-ring (bicyclic) bond motifs is 1. The summed E-state index contributed by atoms with van der Waals surface area (Å²) in [7, 11) is 8.39. The molecule has 1 amide bonds. The van der Waals surface area contributed by atoms with Crippen LogP contribution in [0.15, 0.2) is 40.7 Å². The van der Waals surface area contributed by atoms with Gasteiger partial charge in [-0.3, -0.25) is 4.79 Å². The van der Waals surface area contributed by atoms with Gasteiger partial charge in [-0.15, -0.1) is 0 Å². The van der Waals surface area contributed by atoms with E-state index in [2.05, 4.69) is 67.0 Å². The molecule has 0 saturated heterocycles. The van der Waals surface area contributed by atoms with E-state index in [0.717, 1.165) is 51.8 Å². The fourth-order valence-corrected chi connectivity index (χ4v) is 4.62. The van der Waals surface area contributed by atoms with Gasteiger partial charge in [-0.1, -0.05) is 11.3 Å². The Hall–Kier alpha value is -2.51. The third-order valence-electron chi connectivity index (χ3n) is 5.24. The third-order valence-corrected chi connectivity index (χ3v) is 6.39. The van der Waals surface area contributed by atoms with E-state index in [-0.39, 0.29) is 5.91 Å². The molecule has 0 spiro atoms. The van der Waals surface area contributed by atoms with Crippen molar-refractivity contribution in [3.05, 3.63) is 40.7 Å². The number of hydrogen-bond acceptors (Lipinski definition) is 5. The lowest BCUT2D eigenvalue weighted by molar-refractivity contribution is -0.642. The SMILES string of the molecule is CC(=O)Nc1ccc2c(c1)sc(/C=C1/C=C(C)N(C)C(CCCCN(C)C)=N1)[n+]2C. The second-order valence-corrected chi connectivity index (χ2v) is 9.13. The average Bonchev–Trinajstić information content (AvgIpc) is 2.96. The summed E-state index contributed by atoms with van der Waals surface area (Å²) in [6, 6.07) is 6.02. The number of anilines is 1. The molecule has 0 bridgehead atoms. The van der Waals surface area contributed by atoms with Gasteiger partial charge in [0.1, 0.15) is 17.6 Å². The number of thiazole rings is 1. The van der Waals surface area contributed by atoms with Crippen molar-refractivity contribution in [1.29, 1.82) is 0 Å². The Morgan fingerprint density at radius 1 is 1.33 bits per heavy atom. The Kier molecular flexibility index (Phi) is 7.05. The zero-order chi connectivity index (χ0) is 21.8. The minimum Gasteiger partial charge on any atom is -0.337 e. The van der Waals surface area contributed by atoms with Crippen molar-refractivity contribution >= 4 is 45.1 Å². The molecule has 0 unspecified atom stereocenters. The number of hydrogen-bond donors (Lipinski definition) is 1. The molecule has 1 aromatic heterocycles. The molecule has 30 heavy (non-hydrogen) atoms. The van der Waals surface area contributed by atoms with Crippen LogP contribution in [0.2, 0.25) is 0 Å². The van der Waals surface area contributed by atoms with Crippen molar-refractivity contribution < 1.29 is 9.36 Å². The number of benzene rings is 1. The number of aliphatic imine (C=N–C) groups is 1. The molecule has 0 radical (unpaired) electrons. The highest BCUT2D eigenvalue weighted by Gasteiger charge is 2.19. The zero-order valence-corrected chi connectivity index (χ0v) is 19.6. The molecule has 0 fully saturated rings. The first-order chi connectivity index (χ1) is 14.2. The van der Waals surface area contributed by atoms with Gasteiger partial charge in [-0.05, 0) is 58.6 Å². The number of rotatable bonds is 7. The fraction of sp³-hybridized carbons (Fsp3) is 0.435. The van der Waals surface area contributed by atoms with Gasteiger partial charge in [-0.25, -0.2) is 4.99 Å². The largest absolute Gasteiger partial charge is 0.337 e. The number of aromatic nitrogens is 1. The van der Waals surface area contributed by atoms with Crippen molar-refractivity contribution in [3.8, 4) is 0 Å². The Morgan fingerprint density at radius 3 is 2.80 bits per heavy atom. The Morgan fingerprint density at radius 2 is 2.10 bits per heavy atom. The van der Waals surface area contributed by atoms with E-state index in [9.17, 15) is 4.79 Å². The van der Waals surface area contributed by atoms with Crippen LogP contribution in [0.25, 0.3) is 16.3 Å². The molecule has 1 aliphatic rings. The van der Waals surface area contributed by atoms with E-state index < -0.39 is 0 Å². The maximum absolute atomic E-state index is 11.3. The molecule has 0 aliphatic carbocycles. The molecule has 1 N–H and O–H groups in total. The van der Waals surface area contributed by atoms with E-state index in [1.54, 1.807) is 11.3 Å². The summed E-state index contributed by atoms with van der Waals surface area (Å²) in [6.45, 7) is 4.76. The quantitative estimate of drug-likeness (QED) is 0.538. The molecule has 0 saturated carbocycles. The Bertz CT molecular complexity index is 1030. The van der Waals surface area contributed by atoms with Crippen LogP contribution in [-0.2, 0) is 11.8 Å². The van der Waals surface area contributed by atoms with Crippen LogP contribution in [0, 0.1) is 0 Å². The van der Waals surface area contributed by atoms with Crippen LogP contribution >= 0.6 is 11.3 Å². The summed E-state index contributed by atoms with van der Waals surface area (Å²) in [5, 5.41) is 3.99. The van der Waals surface area contributed by atoms with Gasteiger partial charge < -0.3 is 15.1 Å². The molecule has 6 nitrogen and oxygen atoms in total. The molecular formula is C23H32N5OS+. The number of nitrogens with zero attached hydrogens (tertiary/aromatic N) is 4. The maximum Gasteiger partial charge on any atom is 0.264 e. The molecule has 2 heterocycles. The van der Waals surface area contributed by atoms with Crippen molar-refractivity contribution in [2.24, 2.45) is 12.0 Å². The fourth-order valence-electron chi connectivity index (χ4n) is 3.49. The number of nitrogens with one attached hydrogen (secondary N) is 1. The van der Waals surface area contributed by atoms with Crippen molar-refractivity contribution in [2.75, 3.05) is 33.0 Å². The zero-order valence-electron chi connectivity index (χ0n) is 18.8. The summed E-state index contributed by atoms with van der Waals surface area (Å²) in [5.41, 5.74) is 4.15. The van der Waals surface area contributed by atoms with E-state index in [1.165, 1.54) is 19.0 Å². The summed E-state index contributed by atoms with van der Waals surface area (Å²) in [6.07, 6.45) is 7.56. The second-order valence-electron chi connectivity index (χ2n) is 8.07. The average molecular weight is 427 g/mol. The minimum atomic E-state index is -0.0583. The van der Waals surface area contributed by atoms with E-state index in [0.29, 0.717) is 0 Å². The summed E-state index contributed by atoms with van der Waals surface area (Å²) >= 11 is 1.70. The van der Waals surface area contributed by atoms with Crippen LogP contribution < -0.4 is 9.88 Å². The standard InChI is InChI=1S/C23H31N5OS/c1-16-13-19(25-22(27(16)5)9-7-8-12-26(3)4)15-23-28(6)20-11-10-18(24-17(2)29)14-21(20)30-23/h10-11,13-15H,7-9,12H2,1-6H3/p+1. The number of amidine groups is 1. The minimum absolute atomic E-state index is 0.0583. The first-order valence-electron chi connectivity index (χ1n) is 10.3. The first-order valence-corrected chi connectivity index (χ1v) is 11.1. The van der Waals surface area contributed by atoms with Gasteiger partial charge >= 0.3 is 0 Å². The van der Waals surface area contributed by atoms with Crippen LogP contribution in [0.1, 0.15) is 38.1 Å². The van der Waals surface area contributed by atoms with Gasteiger partial charge in [0, 0.05) is 43.9 Å². The van der Waals surface area contributed by atoms with Gasteiger partial charge in [0.25, 0.3) is 5.01 Å². The highest BCUT2D eigenvalue weighted by Crippen LogP contribution is 2.27. The molecular weight excluding hydrogens is 394 g/mol. The second kappa shape index (κ2) is 9.53. The first kappa shape index (κ1) is 22.2. The van der Waals surface area contributed by atoms with Crippen LogP contribution in [-0.4, -0.2) is 49.2 Å². The van der Waals surface area contributed by atoms with E-state index in [4.69, 9.17) is 4.99 Å². The van der Waals surface area contributed by atoms with Gasteiger partial charge in [-0.2, -0.15) is 4.57 Å². The maximum atomic E-state index is 11.3. The lowest BCUT2D eigenvalue weighted by Gasteiger charge is -2.26. The predicted octanol–water partition coefficient (Wildman–Crippen LogP) is 4.00. The lowest BCUT2D eigenvalue weighted by atomic mass is 10.1. The van der Waals surface area contributed by atoms with E-state index >= 15 is 0 Å². The van der Waals surface area contributed by atoms with Crippen molar-refractivity contribution in [3.63, 3.8) is 0 Å². The molecule has 2 aromatic rings. The van der Waals surface area contributed by atoms with E-state index in [1.807, 2.05) is 18.2 Å². The molecule has 160 valence electrons. The molecule has 1 aromatic carbocycles. The van der Waals surface area contributed by atoms with Gasteiger partial charge in [0.2, 0.25) is 11.4 Å². The highest BCUT2D eigenvalue weighted by atomic mass is 32.1. The number of allylic oxidation sites excluding steroid dienone is 2. The number of unbranched alkanes of at least 4 members (excludes halogenated alkanes) is 1. The molecule has 0 atom stereocenters. The number of carbonyl (C=O) groups excluding carboxylic acids is 1. The predicted molar refractivity (Wildman–Crippen MR) is 127 cm³/mol. The Balaban J connectivity index is 1.85. The Labute approximate surface area is 183 Å². The van der Waals surface area contributed by atoms with Crippen molar-refractivity contribution in [2.45, 2.75) is 33.1 Å². The summed E-state index contributed by atoms with van der Waals surface area (Å²) in [5.74, 6) is 1.06. The highest BCUT2D eigenvalue weighted by molar-refractivity contribution is 7.18. The normalized spacial score (nSPS) is 15.7. The van der Waals surface area contributed by atoms with Crippen LogP contribution in [0.3, 0.4) is 0 Å². The van der Waals surface area contributed by atoms with Gasteiger partial charge in [0.05, 0.1) is 5.70 Å². The molecule has 7 heteroatoms. The number of amides is 1. The lowest BCUT2D eigenvalue weighted by Crippen LogP contribution is -2.30. The summed E-state index contributed by atoms with van der Waals surface area (Å²) < 4.78 is 3.32. The number of aryl methyl sites for hydroxylation is 1. The van der Waals surface area contributed by atoms with Crippen LogP contribution in [0.5, 0.6) is 0 Å². The monoisotopic (exact) mass is 426 g/mol. The smallest absolute Gasteiger partial charge is 0.264 e. The van der Waals surface area contributed by atoms with Gasteiger partial charge in [0.15, 0.2) is 0 Å². The van der Waals surface area contributed by atoms with Crippen LogP contribution in [0.4, 0.5) is 5.69 Å².